The molecule has 0 aliphatic carbocycles. The third-order valence-corrected chi connectivity index (χ3v) is 4.28. The first-order chi connectivity index (χ1) is 7.19. The highest BCUT2D eigenvalue weighted by Crippen LogP contribution is 2.29. The zero-order valence-electron chi connectivity index (χ0n) is 9.29. The quantitative estimate of drug-likeness (QED) is 0.793. The first kappa shape index (κ1) is 12.9. The van der Waals surface area contributed by atoms with Crippen LogP contribution in [0.3, 0.4) is 0 Å². The van der Waals surface area contributed by atoms with Gasteiger partial charge in [0.2, 0.25) is 0 Å². The molecule has 1 aromatic rings. The predicted octanol–water partition coefficient (Wildman–Crippen LogP) is 3.94. The van der Waals surface area contributed by atoms with Crippen molar-refractivity contribution in [2.45, 2.75) is 31.7 Å². The summed E-state index contributed by atoms with van der Waals surface area (Å²) in [5.74, 6) is 1.86. The van der Waals surface area contributed by atoms with E-state index in [9.17, 15) is 0 Å². The van der Waals surface area contributed by atoms with E-state index in [0.29, 0.717) is 6.54 Å². The Bertz CT molecular complexity index is 314. The van der Waals surface area contributed by atoms with Crippen LogP contribution < -0.4 is 5.73 Å². The van der Waals surface area contributed by atoms with Gasteiger partial charge in [0.15, 0.2) is 0 Å². The molecule has 0 spiro atoms. The van der Waals surface area contributed by atoms with Crippen LogP contribution in [0.1, 0.15) is 25.8 Å². The van der Waals surface area contributed by atoms with E-state index >= 15 is 0 Å². The van der Waals surface area contributed by atoms with Gasteiger partial charge in [0.25, 0.3) is 0 Å². The minimum absolute atomic E-state index is 0.516. The molecule has 0 amide bonds. The van der Waals surface area contributed by atoms with Crippen LogP contribution in [0.25, 0.3) is 0 Å². The summed E-state index contributed by atoms with van der Waals surface area (Å²) in [6.45, 7) is 5.00. The second-order valence-electron chi connectivity index (χ2n) is 3.75. The fraction of sp³-hybridized carbons (Fsp3) is 0.500. The van der Waals surface area contributed by atoms with E-state index in [4.69, 9.17) is 17.3 Å². The van der Waals surface area contributed by atoms with Crippen LogP contribution in [-0.2, 0) is 6.54 Å². The van der Waals surface area contributed by atoms with Crippen LogP contribution >= 0.6 is 23.4 Å². The van der Waals surface area contributed by atoms with Gasteiger partial charge < -0.3 is 5.73 Å². The van der Waals surface area contributed by atoms with E-state index in [1.807, 2.05) is 23.9 Å². The summed E-state index contributed by atoms with van der Waals surface area (Å²) in [5.41, 5.74) is 6.77. The fourth-order valence-corrected chi connectivity index (χ4v) is 2.77. The molecule has 0 radical (unpaired) electrons. The Morgan fingerprint density at radius 3 is 2.80 bits per heavy atom. The highest BCUT2D eigenvalue weighted by atomic mass is 35.5. The van der Waals surface area contributed by atoms with Crippen LogP contribution in [0.15, 0.2) is 23.1 Å². The van der Waals surface area contributed by atoms with Crippen molar-refractivity contribution in [3.63, 3.8) is 0 Å². The maximum Gasteiger partial charge on any atom is 0.0462 e. The third kappa shape index (κ3) is 3.71. The van der Waals surface area contributed by atoms with E-state index in [0.717, 1.165) is 22.3 Å². The number of nitrogens with two attached hydrogens (primary N) is 1. The summed E-state index contributed by atoms with van der Waals surface area (Å²) in [7, 11) is 0. The average molecular weight is 244 g/mol. The van der Waals surface area contributed by atoms with Gasteiger partial charge in [0.1, 0.15) is 0 Å². The van der Waals surface area contributed by atoms with Crippen molar-refractivity contribution in [1.29, 1.82) is 0 Å². The maximum absolute atomic E-state index is 6.09. The monoisotopic (exact) mass is 243 g/mol. The molecule has 0 aromatic heterocycles. The van der Waals surface area contributed by atoms with E-state index < -0.39 is 0 Å². The molecule has 1 rings (SSSR count). The van der Waals surface area contributed by atoms with Crippen LogP contribution in [0, 0.1) is 5.92 Å². The van der Waals surface area contributed by atoms with Gasteiger partial charge in [-0.15, -0.1) is 11.8 Å². The first-order valence-corrected chi connectivity index (χ1v) is 6.65. The molecule has 0 aliphatic heterocycles. The van der Waals surface area contributed by atoms with Gasteiger partial charge >= 0.3 is 0 Å². The zero-order valence-corrected chi connectivity index (χ0v) is 10.9. The lowest BCUT2D eigenvalue weighted by Crippen LogP contribution is -2.01. The molecule has 1 nitrogen and oxygen atoms in total. The lowest BCUT2D eigenvalue weighted by Gasteiger charge is -2.11. The molecule has 0 fully saturated rings. The van der Waals surface area contributed by atoms with Gasteiger partial charge in [-0.3, -0.25) is 0 Å². The van der Waals surface area contributed by atoms with Crippen molar-refractivity contribution in [3.05, 3.63) is 28.8 Å². The van der Waals surface area contributed by atoms with Gasteiger partial charge in [0, 0.05) is 22.2 Å². The smallest absolute Gasteiger partial charge is 0.0462 e. The second-order valence-corrected chi connectivity index (χ2v) is 5.21. The maximum atomic E-state index is 6.09. The van der Waals surface area contributed by atoms with Gasteiger partial charge in [0.05, 0.1) is 0 Å². The number of benzene rings is 1. The van der Waals surface area contributed by atoms with Crippen molar-refractivity contribution < 1.29 is 0 Å². The van der Waals surface area contributed by atoms with Crippen LogP contribution in [0.5, 0.6) is 0 Å². The molecule has 15 heavy (non-hydrogen) atoms. The molecule has 1 aromatic carbocycles. The molecule has 1 unspecified atom stereocenters. The lowest BCUT2D eigenvalue weighted by atomic mass is 10.2. The SMILES string of the molecule is CCC(C)CSc1cccc(Cl)c1CN. The van der Waals surface area contributed by atoms with Crippen molar-refractivity contribution in [1.82, 2.24) is 0 Å². The number of hydrogen-bond acceptors (Lipinski definition) is 2. The molecular weight excluding hydrogens is 226 g/mol. The summed E-state index contributed by atoms with van der Waals surface area (Å²) in [4.78, 5) is 1.23. The Morgan fingerprint density at radius 1 is 1.47 bits per heavy atom. The highest BCUT2D eigenvalue weighted by molar-refractivity contribution is 7.99. The van der Waals surface area contributed by atoms with Gasteiger partial charge in [-0.05, 0) is 23.6 Å². The fourth-order valence-electron chi connectivity index (χ4n) is 1.22. The largest absolute Gasteiger partial charge is 0.326 e. The summed E-state index contributed by atoms with van der Waals surface area (Å²) in [6.07, 6.45) is 1.21. The van der Waals surface area contributed by atoms with E-state index in [1.54, 1.807) is 0 Å². The zero-order chi connectivity index (χ0) is 11.3. The Morgan fingerprint density at radius 2 is 2.20 bits per heavy atom. The first-order valence-electron chi connectivity index (χ1n) is 5.29. The second kappa shape index (κ2) is 6.41. The van der Waals surface area contributed by atoms with E-state index in [-0.39, 0.29) is 0 Å². The minimum atomic E-state index is 0.516. The van der Waals surface area contributed by atoms with Gasteiger partial charge in [-0.1, -0.05) is 37.9 Å². The normalized spacial score (nSPS) is 12.8. The van der Waals surface area contributed by atoms with Crippen molar-refractivity contribution >= 4 is 23.4 Å². The summed E-state index contributed by atoms with van der Waals surface area (Å²) in [5, 5.41) is 0.784. The Labute approximate surface area is 101 Å². The highest BCUT2D eigenvalue weighted by Gasteiger charge is 2.07. The van der Waals surface area contributed by atoms with Gasteiger partial charge in [-0.2, -0.15) is 0 Å². The number of thioether (sulfide) groups is 1. The minimum Gasteiger partial charge on any atom is -0.326 e. The van der Waals surface area contributed by atoms with Crippen LogP contribution in [0.2, 0.25) is 5.02 Å². The number of rotatable bonds is 5. The Balaban J connectivity index is 2.72. The predicted molar refractivity (Wildman–Crippen MR) is 69.5 cm³/mol. The Hall–Kier alpha value is -0.180. The van der Waals surface area contributed by atoms with Gasteiger partial charge in [-0.25, -0.2) is 0 Å². The average Bonchev–Trinajstić information content (AvgIpc) is 2.25. The molecule has 0 heterocycles. The molecule has 0 saturated heterocycles. The summed E-state index contributed by atoms with van der Waals surface area (Å²) < 4.78 is 0. The molecule has 0 bridgehead atoms. The molecule has 2 N–H and O–H groups in total. The Kier molecular flexibility index (Phi) is 5.51. The van der Waals surface area contributed by atoms with Crippen LogP contribution in [0.4, 0.5) is 0 Å². The number of halogens is 1. The standard InChI is InChI=1S/C12H18ClNS/c1-3-9(2)8-15-12-6-4-5-11(13)10(12)7-14/h4-6,9H,3,7-8,14H2,1-2H3. The topological polar surface area (TPSA) is 26.0 Å². The van der Waals surface area contributed by atoms with Crippen LogP contribution in [-0.4, -0.2) is 5.75 Å². The molecule has 84 valence electrons. The molecule has 3 heteroatoms. The summed E-state index contributed by atoms with van der Waals surface area (Å²) >= 11 is 7.94. The van der Waals surface area contributed by atoms with Crippen molar-refractivity contribution in [2.24, 2.45) is 11.7 Å². The molecule has 1 atom stereocenters. The van der Waals surface area contributed by atoms with Crippen molar-refractivity contribution in [3.8, 4) is 0 Å². The van der Waals surface area contributed by atoms with E-state index in [2.05, 4.69) is 19.9 Å². The van der Waals surface area contributed by atoms with E-state index in [1.165, 1.54) is 11.3 Å². The molecule has 0 aliphatic rings. The summed E-state index contributed by atoms with van der Waals surface area (Å²) in [6, 6.07) is 5.98. The van der Waals surface area contributed by atoms with Crippen molar-refractivity contribution in [2.75, 3.05) is 5.75 Å². The number of hydrogen-bond donors (Lipinski definition) is 1. The molecular formula is C12H18ClNS. The third-order valence-electron chi connectivity index (χ3n) is 2.50. The lowest BCUT2D eigenvalue weighted by molar-refractivity contribution is 0.637. The molecule has 0 saturated carbocycles.